The molecule has 0 radical (unpaired) electrons. The summed E-state index contributed by atoms with van der Waals surface area (Å²) in [6.07, 6.45) is 3.39. The van der Waals surface area contributed by atoms with Crippen LogP contribution in [0.3, 0.4) is 0 Å². The van der Waals surface area contributed by atoms with Gasteiger partial charge in [0.25, 0.3) is 0 Å². The van der Waals surface area contributed by atoms with Gasteiger partial charge in [0.05, 0.1) is 5.57 Å². The van der Waals surface area contributed by atoms with Gasteiger partial charge in [0.15, 0.2) is 17.3 Å². The minimum absolute atomic E-state index is 0.0802. The van der Waals surface area contributed by atoms with Crippen molar-refractivity contribution in [2.75, 3.05) is 5.75 Å². The second kappa shape index (κ2) is 12.9. The molecule has 0 aliphatic heterocycles. The second-order valence-electron chi connectivity index (χ2n) is 16.4. The molecule has 1 N–H and O–H groups in total. The van der Waals surface area contributed by atoms with E-state index in [1.54, 1.807) is 19.1 Å². The van der Waals surface area contributed by atoms with Crippen molar-refractivity contribution in [3.05, 3.63) is 23.3 Å². The molecular formula is C35H55F3N2O4S. The molecule has 0 heterocycles. The maximum Gasteiger partial charge on any atom is 0.404 e. The van der Waals surface area contributed by atoms with Gasteiger partial charge in [-0.3, -0.25) is 9.59 Å². The number of nitrogens with one attached hydrogen (secondary N) is 1. The predicted molar refractivity (Wildman–Crippen MR) is 173 cm³/mol. The van der Waals surface area contributed by atoms with Crippen LogP contribution in [0.5, 0.6) is 0 Å². The van der Waals surface area contributed by atoms with E-state index in [-0.39, 0.29) is 34.9 Å². The third-order valence-corrected chi connectivity index (χ3v) is 12.8. The van der Waals surface area contributed by atoms with E-state index in [1.165, 1.54) is 6.92 Å². The van der Waals surface area contributed by atoms with Gasteiger partial charge < -0.3 is 0 Å². The third-order valence-electron chi connectivity index (χ3n) is 11.3. The van der Waals surface area contributed by atoms with Gasteiger partial charge in [0.2, 0.25) is 10.0 Å². The highest BCUT2D eigenvalue weighted by molar-refractivity contribution is 7.89. The summed E-state index contributed by atoms with van der Waals surface area (Å²) >= 11 is 0. The van der Waals surface area contributed by atoms with Crippen molar-refractivity contribution in [1.82, 2.24) is 4.72 Å². The standard InChI is InChI=1S/C35H55F3N2O4S/c1-12-14-29(3,4)16-18-32(9,40-45(43,44)23-35(36,37)38)19-17-30(5,6)34(11)15-13-26-31(7,8)28(42)25(22-39)21-33(26,10)27(34)20-24(2)41/h20-21,26,40H,12-19,23H2,1-11H3/b27-20-/t26-,32-,33-,34+/m0/s1. The maximum atomic E-state index is 13.2. The van der Waals surface area contributed by atoms with Crippen molar-refractivity contribution in [3.8, 4) is 6.07 Å². The summed E-state index contributed by atoms with van der Waals surface area (Å²) in [6.45, 7) is 21.3. The van der Waals surface area contributed by atoms with Crippen LogP contribution in [0.25, 0.3) is 0 Å². The number of halogens is 3. The van der Waals surface area contributed by atoms with Gasteiger partial charge >= 0.3 is 6.18 Å². The summed E-state index contributed by atoms with van der Waals surface area (Å²) < 4.78 is 67.7. The molecule has 10 heteroatoms. The number of alkyl halides is 3. The third kappa shape index (κ3) is 8.68. The van der Waals surface area contributed by atoms with Crippen molar-refractivity contribution in [1.29, 1.82) is 5.26 Å². The van der Waals surface area contributed by atoms with Crippen LogP contribution in [0.2, 0.25) is 0 Å². The SMILES string of the molecule is CCCC(C)(C)CC[C@@](C)(CCC(C)(C)[C@]1(C)CC[C@H]2C(C)(C)C(=O)C(C#N)=C[C@]2(C)/C1=C/C(C)=O)NS(=O)(=O)CC(F)(F)F. The summed E-state index contributed by atoms with van der Waals surface area (Å²) in [4.78, 5) is 26.0. The van der Waals surface area contributed by atoms with Gasteiger partial charge in [-0.15, -0.1) is 0 Å². The minimum atomic E-state index is -4.87. The number of ketones is 2. The fourth-order valence-corrected chi connectivity index (χ4v) is 9.71. The first kappa shape index (κ1) is 39.2. The van der Waals surface area contributed by atoms with Crippen LogP contribution in [-0.4, -0.2) is 37.5 Å². The molecule has 2 aliphatic carbocycles. The zero-order valence-electron chi connectivity index (χ0n) is 29.2. The monoisotopic (exact) mass is 656 g/mol. The van der Waals surface area contributed by atoms with Gasteiger partial charge in [0, 0.05) is 16.4 Å². The Kier molecular flexibility index (Phi) is 11.2. The number of nitrogens with zero attached hydrogens (tertiary/aromatic N) is 1. The van der Waals surface area contributed by atoms with Crippen LogP contribution >= 0.6 is 0 Å². The summed E-state index contributed by atoms with van der Waals surface area (Å²) in [7, 11) is -4.67. The van der Waals surface area contributed by atoms with Gasteiger partial charge in [-0.2, -0.15) is 18.4 Å². The lowest BCUT2D eigenvalue weighted by Gasteiger charge is -2.61. The zero-order chi connectivity index (χ0) is 35.1. The molecule has 0 unspecified atom stereocenters. The Morgan fingerprint density at radius 2 is 1.60 bits per heavy atom. The van der Waals surface area contributed by atoms with Crippen molar-refractivity contribution >= 4 is 21.6 Å². The summed E-state index contributed by atoms with van der Waals surface area (Å²) in [6, 6.07) is 2.08. The van der Waals surface area contributed by atoms with Gasteiger partial charge in [0.1, 0.15) is 6.07 Å². The molecule has 45 heavy (non-hydrogen) atoms. The molecule has 2 rings (SSSR count). The van der Waals surface area contributed by atoms with E-state index in [0.29, 0.717) is 32.1 Å². The van der Waals surface area contributed by atoms with E-state index in [1.807, 2.05) is 20.8 Å². The van der Waals surface area contributed by atoms with Crippen molar-refractivity contribution in [3.63, 3.8) is 0 Å². The molecule has 0 spiro atoms. The lowest BCUT2D eigenvalue weighted by atomic mass is 9.42. The van der Waals surface area contributed by atoms with Crippen molar-refractivity contribution in [2.24, 2.45) is 33.0 Å². The molecule has 4 atom stereocenters. The largest absolute Gasteiger partial charge is 0.404 e. The molecule has 0 aromatic carbocycles. The Morgan fingerprint density at radius 3 is 2.09 bits per heavy atom. The fourth-order valence-electron chi connectivity index (χ4n) is 8.25. The number of hydrogen-bond acceptors (Lipinski definition) is 5. The number of hydrogen-bond donors (Lipinski definition) is 1. The number of nitriles is 1. The minimum Gasteiger partial charge on any atom is -0.295 e. The van der Waals surface area contributed by atoms with E-state index >= 15 is 0 Å². The Labute approximate surface area is 269 Å². The molecule has 256 valence electrons. The summed E-state index contributed by atoms with van der Waals surface area (Å²) in [5.74, 6) is -2.45. The molecule has 2 aliphatic rings. The van der Waals surface area contributed by atoms with E-state index in [2.05, 4.69) is 52.3 Å². The van der Waals surface area contributed by atoms with Crippen LogP contribution in [-0.2, 0) is 19.6 Å². The smallest absolute Gasteiger partial charge is 0.295 e. The van der Waals surface area contributed by atoms with E-state index in [9.17, 15) is 36.4 Å². The number of carbonyl (C=O) groups is 2. The number of carbonyl (C=O) groups excluding carboxylic acids is 2. The molecular weight excluding hydrogens is 601 g/mol. The summed E-state index contributed by atoms with van der Waals surface area (Å²) in [5, 5.41) is 9.88. The highest BCUT2D eigenvalue weighted by Gasteiger charge is 2.61. The van der Waals surface area contributed by atoms with Gasteiger partial charge in [-0.05, 0) is 87.0 Å². The molecule has 1 saturated carbocycles. The molecule has 0 aromatic rings. The lowest BCUT2D eigenvalue weighted by Crippen LogP contribution is -2.56. The van der Waals surface area contributed by atoms with Crippen LogP contribution < -0.4 is 4.72 Å². The zero-order valence-corrected chi connectivity index (χ0v) is 30.0. The van der Waals surface area contributed by atoms with Gasteiger partial charge in [-0.25, -0.2) is 13.1 Å². The first-order valence-electron chi connectivity index (χ1n) is 16.1. The van der Waals surface area contributed by atoms with E-state index in [4.69, 9.17) is 0 Å². The predicted octanol–water partition coefficient (Wildman–Crippen LogP) is 8.64. The lowest BCUT2D eigenvalue weighted by molar-refractivity contribution is -0.131. The summed E-state index contributed by atoms with van der Waals surface area (Å²) in [5.41, 5.74) is -3.09. The Balaban J connectivity index is 2.59. The normalized spacial score (nSPS) is 28.2. The van der Waals surface area contributed by atoms with Crippen LogP contribution in [0, 0.1) is 44.3 Å². The molecule has 0 bridgehead atoms. The van der Waals surface area contributed by atoms with Crippen molar-refractivity contribution in [2.45, 2.75) is 139 Å². The van der Waals surface area contributed by atoms with Crippen LogP contribution in [0.15, 0.2) is 23.3 Å². The highest BCUT2D eigenvalue weighted by atomic mass is 32.2. The molecule has 0 aromatic heterocycles. The number of fused-ring (bicyclic) bond motifs is 1. The number of rotatable bonds is 13. The fraction of sp³-hybridized carbons (Fsp3) is 0.800. The van der Waals surface area contributed by atoms with Gasteiger partial charge in [-0.1, -0.05) is 80.4 Å². The average Bonchev–Trinajstić information content (AvgIpc) is 2.84. The molecule has 0 saturated heterocycles. The topological polar surface area (TPSA) is 104 Å². The number of Topliss-reactive ketones (excluding diaryl/α,β-unsaturated/α-hetero) is 1. The maximum absolute atomic E-state index is 13.2. The molecule has 1 fully saturated rings. The molecule has 0 amide bonds. The Hall–Kier alpha value is -1.99. The number of sulfonamides is 1. The Morgan fingerprint density at radius 1 is 1.04 bits per heavy atom. The average molecular weight is 657 g/mol. The quantitative estimate of drug-likeness (QED) is 0.200. The first-order chi connectivity index (χ1) is 20.1. The number of allylic oxidation sites excluding steroid dienone is 4. The van der Waals surface area contributed by atoms with Crippen LogP contribution in [0.4, 0.5) is 13.2 Å². The second-order valence-corrected chi connectivity index (χ2v) is 18.2. The van der Waals surface area contributed by atoms with E-state index in [0.717, 1.165) is 18.4 Å². The first-order valence-corrected chi connectivity index (χ1v) is 17.7. The molecule has 6 nitrogen and oxygen atoms in total. The van der Waals surface area contributed by atoms with Crippen molar-refractivity contribution < 1.29 is 31.2 Å². The highest BCUT2D eigenvalue weighted by Crippen LogP contribution is 2.67. The van der Waals surface area contributed by atoms with Crippen LogP contribution in [0.1, 0.15) is 128 Å². The Bertz CT molecular complexity index is 1370. The van der Waals surface area contributed by atoms with E-state index < -0.39 is 49.2 Å².